The lowest BCUT2D eigenvalue weighted by molar-refractivity contribution is -0.136. The molecule has 0 bridgehead atoms. The number of carbonyl (C=O) groups excluding carboxylic acids is 3. The van der Waals surface area contributed by atoms with E-state index in [1.807, 2.05) is 24.4 Å². The molecule has 0 saturated heterocycles. The van der Waals surface area contributed by atoms with Crippen molar-refractivity contribution >= 4 is 34.7 Å². The van der Waals surface area contributed by atoms with Crippen LogP contribution in [0.5, 0.6) is 5.75 Å². The molecule has 2 aromatic rings. The lowest BCUT2D eigenvalue weighted by Gasteiger charge is -2.17. The summed E-state index contributed by atoms with van der Waals surface area (Å²) in [6.45, 7) is 1.89. The highest BCUT2D eigenvalue weighted by molar-refractivity contribution is 7.10. The lowest BCUT2D eigenvalue weighted by atomic mass is 10.1. The second-order valence-electron chi connectivity index (χ2n) is 6.83. The van der Waals surface area contributed by atoms with Crippen LogP contribution in [0.25, 0.3) is 0 Å². The van der Waals surface area contributed by atoms with Gasteiger partial charge in [-0.3, -0.25) is 19.3 Å². The molecule has 0 unspecified atom stereocenters. The Kier molecular flexibility index (Phi) is 5.60. The number of hydrogen-bond donors (Lipinski definition) is 3. The number of phenolic OH excluding ortho intramolecular Hbond substituents is 1. The fourth-order valence-corrected chi connectivity index (χ4v) is 3.64. The molecule has 1 aliphatic heterocycles. The van der Waals surface area contributed by atoms with Crippen molar-refractivity contribution in [2.45, 2.75) is 13.0 Å². The minimum atomic E-state index is -0.528. The Hall–Kier alpha value is -3.33. The SMILES string of the molecule is C[C@@H](NC1=C(Nc2cccc(C(=O)N(C)C)c2O)C(=O)N(C)C1=O)c1cccs1. The Morgan fingerprint density at radius 2 is 1.83 bits per heavy atom. The fraction of sp³-hybridized carbons (Fsp3) is 0.250. The number of para-hydroxylation sites is 1. The molecule has 8 nitrogen and oxygen atoms in total. The van der Waals surface area contributed by atoms with Gasteiger partial charge in [0.2, 0.25) is 0 Å². The van der Waals surface area contributed by atoms with Crippen molar-refractivity contribution in [2.75, 3.05) is 26.5 Å². The first kappa shape index (κ1) is 20.4. The van der Waals surface area contributed by atoms with Crippen LogP contribution in [0.2, 0.25) is 0 Å². The molecule has 0 radical (unpaired) electrons. The number of aromatic hydroxyl groups is 1. The zero-order valence-electron chi connectivity index (χ0n) is 16.5. The average Bonchev–Trinajstić information content (AvgIpc) is 3.29. The summed E-state index contributed by atoms with van der Waals surface area (Å²) >= 11 is 1.54. The molecule has 29 heavy (non-hydrogen) atoms. The predicted octanol–water partition coefficient (Wildman–Crippen LogP) is 2.13. The molecule has 0 spiro atoms. The summed E-state index contributed by atoms with van der Waals surface area (Å²) in [5, 5.41) is 18.4. The number of carbonyl (C=O) groups is 3. The van der Waals surface area contributed by atoms with Gasteiger partial charge in [0.15, 0.2) is 5.75 Å². The van der Waals surface area contributed by atoms with Crippen LogP contribution >= 0.6 is 11.3 Å². The van der Waals surface area contributed by atoms with Crippen LogP contribution in [0.15, 0.2) is 47.1 Å². The Bertz CT molecular complexity index is 998. The first-order chi connectivity index (χ1) is 13.7. The molecule has 1 aromatic heterocycles. The van der Waals surface area contributed by atoms with E-state index in [2.05, 4.69) is 10.6 Å². The van der Waals surface area contributed by atoms with Crippen molar-refractivity contribution in [1.29, 1.82) is 0 Å². The van der Waals surface area contributed by atoms with Gasteiger partial charge in [-0.1, -0.05) is 12.1 Å². The molecule has 3 N–H and O–H groups in total. The molecular formula is C20H22N4O4S. The summed E-state index contributed by atoms with van der Waals surface area (Å²) in [6.07, 6.45) is 0. The lowest BCUT2D eigenvalue weighted by Crippen LogP contribution is -2.30. The number of rotatable bonds is 6. The molecule has 3 rings (SSSR count). The fourth-order valence-electron chi connectivity index (χ4n) is 2.91. The summed E-state index contributed by atoms with van der Waals surface area (Å²) in [5.74, 6) is -1.67. The van der Waals surface area contributed by atoms with Crippen LogP contribution in [-0.2, 0) is 9.59 Å². The molecular weight excluding hydrogens is 392 g/mol. The molecule has 0 aliphatic carbocycles. The van der Waals surface area contributed by atoms with Gasteiger partial charge >= 0.3 is 0 Å². The van der Waals surface area contributed by atoms with E-state index in [0.717, 1.165) is 9.78 Å². The second kappa shape index (κ2) is 7.96. The summed E-state index contributed by atoms with van der Waals surface area (Å²) in [7, 11) is 4.54. The van der Waals surface area contributed by atoms with Crippen LogP contribution in [0.4, 0.5) is 5.69 Å². The smallest absolute Gasteiger partial charge is 0.279 e. The Balaban J connectivity index is 1.97. The third-order valence-corrected chi connectivity index (χ3v) is 5.61. The number of phenols is 1. The number of amides is 3. The predicted molar refractivity (Wildman–Crippen MR) is 110 cm³/mol. The minimum Gasteiger partial charge on any atom is -0.505 e. The number of imide groups is 1. The number of nitrogens with one attached hydrogen (secondary N) is 2. The van der Waals surface area contributed by atoms with Crippen molar-refractivity contribution in [3.8, 4) is 5.75 Å². The molecule has 0 saturated carbocycles. The largest absolute Gasteiger partial charge is 0.505 e. The van der Waals surface area contributed by atoms with Crippen molar-refractivity contribution in [3.63, 3.8) is 0 Å². The third-order valence-electron chi connectivity index (χ3n) is 4.55. The van der Waals surface area contributed by atoms with E-state index in [-0.39, 0.29) is 40.3 Å². The van der Waals surface area contributed by atoms with Gasteiger partial charge in [-0.25, -0.2) is 0 Å². The number of hydrogen-bond acceptors (Lipinski definition) is 7. The van der Waals surface area contributed by atoms with Gasteiger partial charge in [0.05, 0.1) is 17.3 Å². The van der Waals surface area contributed by atoms with Crippen molar-refractivity contribution in [3.05, 3.63) is 57.5 Å². The molecule has 152 valence electrons. The molecule has 2 heterocycles. The normalized spacial score (nSPS) is 15.0. The van der Waals surface area contributed by atoms with E-state index in [9.17, 15) is 19.5 Å². The Morgan fingerprint density at radius 3 is 2.45 bits per heavy atom. The van der Waals surface area contributed by atoms with Crippen LogP contribution in [0.3, 0.4) is 0 Å². The second-order valence-corrected chi connectivity index (χ2v) is 7.81. The maximum absolute atomic E-state index is 12.6. The summed E-state index contributed by atoms with van der Waals surface area (Å²) < 4.78 is 0. The average molecular weight is 414 g/mol. The van der Waals surface area contributed by atoms with Crippen LogP contribution < -0.4 is 10.6 Å². The van der Waals surface area contributed by atoms with E-state index in [0.29, 0.717) is 0 Å². The first-order valence-corrected chi connectivity index (χ1v) is 9.77. The van der Waals surface area contributed by atoms with Gasteiger partial charge in [0.25, 0.3) is 17.7 Å². The standard InChI is InChI=1S/C20H22N4O4S/c1-11(14-9-6-10-29-14)21-15-16(20(28)24(4)19(15)27)22-13-8-5-7-12(17(13)25)18(26)23(2)3/h5-11,21-22,25H,1-4H3/t11-/m1/s1. The van der Waals surface area contributed by atoms with Gasteiger partial charge < -0.3 is 20.6 Å². The van der Waals surface area contributed by atoms with E-state index in [1.54, 1.807) is 20.2 Å². The monoisotopic (exact) mass is 414 g/mol. The highest BCUT2D eigenvalue weighted by Crippen LogP contribution is 2.32. The van der Waals surface area contributed by atoms with E-state index in [4.69, 9.17) is 0 Å². The van der Waals surface area contributed by atoms with Crippen LogP contribution in [0, 0.1) is 0 Å². The summed E-state index contributed by atoms with van der Waals surface area (Å²) in [4.78, 5) is 40.8. The van der Waals surface area contributed by atoms with Gasteiger partial charge in [-0.05, 0) is 30.5 Å². The molecule has 1 atom stereocenters. The Morgan fingerprint density at radius 1 is 1.14 bits per heavy atom. The Labute approximate surface area is 172 Å². The molecule has 3 amide bonds. The van der Waals surface area contributed by atoms with Crippen molar-refractivity contribution in [1.82, 2.24) is 15.1 Å². The third kappa shape index (κ3) is 3.81. The highest BCUT2D eigenvalue weighted by atomic mass is 32.1. The van der Waals surface area contributed by atoms with Gasteiger partial charge in [-0.2, -0.15) is 0 Å². The van der Waals surface area contributed by atoms with E-state index in [1.165, 1.54) is 35.4 Å². The topological polar surface area (TPSA) is 102 Å². The van der Waals surface area contributed by atoms with Gasteiger partial charge in [0, 0.05) is 26.0 Å². The number of anilines is 1. The minimum absolute atomic E-state index is 0.0191. The molecule has 1 aromatic carbocycles. The molecule has 9 heteroatoms. The first-order valence-electron chi connectivity index (χ1n) is 8.89. The number of likely N-dealkylation sites (N-methyl/N-ethyl adjacent to an activating group) is 1. The zero-order chi connectivity index (χ0) is 21.3. The van der Waals surface area contributed by atoms with Crippen LogP contribution in [0.1, 0.15) is 28.2 Å². The quantitative estimate of drug-likeness (QED) is 0.494. The maximum Gasteiger partial charge on any atom is 0.279 e. The molecule has 0 fully saturated rings. The summed E-state index contributed by atoms with van der Waals surface area (Å²) in [6, 6.07) is 8.26. The zero-order valence-corrected chi connectivity index (χ0v) is 17.3. The van der Waals surface area contributed by atoms with Crippen LogP contribution in [-0.4, -0.2) is 53.8 Å². The summed E-state index contributed by atoms with van der Waals surface area (Å²) in [5.41, 5.74) is 0.382. The number of benzene rings is 1. The van der Waals surface area contributed by atoms with E-state index >= 15 is 0 Å². The molecule has 1 aliphatic rings. The van der Waals surface area contributed by atoms with Gasteiger partial charge in [0.1, 0.15) is 11.4 Å². The number of nitrogens with zero attached hydrogens (tertiary/aromatic N) is 2. The number of thiophene rings is 1. The highest BCUT2D eigenvalue weighted by Gasteiger charge is 2.37. The van der Waals surface area contributed by atoms with Crippen molar-refractivity contribution in [2.24, 2.45) is 0 Å². The maximum atomic E-state index is 12.6. The van der Waals surface area contributed by atoms with Gasteiger partial charge in [-0.15, -0.1) is 11.3 Å². The van der Waals surface area contributed by atoms with Crippen molar-refractivity contribution < 1.29 is 19.5 Å². The van der Waals surface area contributed by atoms with E-state index < -0.39 is 11.8 Å².